The van der Waals surface area contributed by atoms with Crippen molar-refractivity contribution in [3.05, 3.63) is 28.2 Å². The standard InChI is InChI=1S/C14H18BrNO/c1-9-6-11(9)8-16(3)14-5-4-12(15)7-13(14)10(2)17/h4-5,7,9,11H,6,8H2,1-3H3. The molecule has 1 aromatic rings. The fraction of sp³-hybridized carbons (Fsp3) is 0.500. The molecule has 0 spiro atoms. The number of hydrogen-bond donors (Lipinski definition) is 0. The smallest absolute Gasteiger partial charge is 0.161 e. The van der Waals surface area contributed by atoms with Gasteiger partial charge < -0.3 is 4.90 Å². The predicted molar refractivity (Wildman–Crippen MR) is 74.7 cm³/mol. The summed E-state index contributed by atoms with van der Waals surface area (Å²) in [6, 6.07) is 5.92. The summed E-state index contributed by atoms with van der Waals surface area (Å²) in [6.45, 7) is 4.95. The van der Waals surface area contributed by atoms with Crippen LogP contribution in [-0.2, 0) is 0 Å². The zero-order valence-corrected chi connectivity index (χ0v) is 12.1. The predicted octanol–water partition coefficient (Wildman–Crippen LogP) is 3.74. The molecule has 0 heterocycles. The van der Waals surface area contributed by atoms with Gasteiger partial charge in [0, 0.05) is 29.3 Å². The van der Waals surface area contributed by atoms with Crippen LogP contribution in [0.4, 0.5) is 5.69 Å². The van der Waals surface area contributed by atoms with Crippen LogP contribution in [0.2, 0.25) is 0 Å². The lowest BCUT2D eigenvalue weighted by Gasteiger charge is -2.22. The Labute approximate surface area is 111 Å². The van der Waals surface area contributed by atoms with E-state index in [4.69, 9.17) is 0 Å². The average Bonchev–Trinajstić information content (AvgIpc) is 2.93. The SMILES string of the molecule is CC(=O)c1cc(Br)ccc1N(C)CC1CC1C. The maximum absolute atomic E-state index is 11.6. The van der Waals surface area contributed by atoms with E-state index in [2.05, 4.69) is 34.8 Å². The van der Waals surface area contributed by atoms with Crippen molar-refractivity contribution >= 4 is 27.4 Å². The molecule has 2 rings (SSSR count). The van der Waals surface area contributed by atoms with Crippen LogP contribution in [0.1, 0.15) is 30.6 Å². The van der Waals surface area contributed by atoms with E-state index < -0.39 is 0 Å². The summed E-state index contributed by atoms with van der Waals surface area (Å²) in [6.07, 6.45) is 1.32. The van der Waals surface area contributed by atoms with Gasteiger partial charge in [0.1, 0.15) is 0 Å². The molecule has 92 valence electrons. The zero-order chi connectivity index (χ0) is 12.6. The summed E-state index contributed by atoms with van der Waals surface area (Å²) in [5.74, 6) is 1.76. The van der Waals surface area contributed by atoms with Gasteiger partial charge in [-0.25, -0.2) is 0 Å². The molecule has 1 aliphatic carbocycles. The Balaban J connectivity index is 2.21. The second-order valence-corrected chi connectivity index (χ2v) is 5.99. The maximum Gasteiger partial charge on any atom is 0.161 e. The second kappa shape index (κ2) is 4.81. The lowest BCUT2D eigenvalue weighted by Crippen LogP contribution is -2.22. The molecule has 0 radical (unpaired) electrons. The molecule has 0 N–H and O–H groups in total. The number of anilines is 1. The molecule has 0 aromatic heterocycles. The van der Waals surface area contributed by atoms with Crippen LogP contribution in [0.15, 0.2) is 22.7 Å². The van der Waals surface area contributed by atoms with Gasteiger partial charge in [-0.15, -0.1) is 0 Å². The zero-order valence-electron chi connectivity index (χ0n) is 10.5. The first-order valence-corrected chi connectivity index (χ1v) is 6.80. The van der Waals surface area contributed by atoms with Crippen LogP contribution in [-0.4, -0.2) is 19.4 Å². The van der Waals surface area contributed by atoms with Crippen molar-refractivity contribution in [1.82, 2.24) is 0 Å². The first kappa shape index (κ1) is 12.6. The van der Waals surface area contributed by atoms with Crippen molar-refractivity contribution in [2.24, 2.45) is 11.8 Å². The topological polar surface area (TPSA) is 20.3 Å². The Morgan fingerprint density at radius 2 is 2.18 bits per heavy atom. The highest BCUT2D eigenvalue weighted by Crippen LogP contribution is 2.39. The average molecular weight is 296 g/mol. The van der Waals surface area contributed by atoms with E-state index in [1.54, 1.807) is 6.92 Å². The van der Waals surface area contributed by atoms with Crippen LogP contribution in [0, 0.1) is 11.8 Å². The van der Waals surface area contributed by atoms with Crippen molar-refractivity contribution in [1.29, 1.82) is 0 Å². The quantitative estimate of drug-likeness (QED) is 0.789. The third-order valence-corrected chi connectivity index (χ3v) is 4.03. The van der Waals surface area contributed by atoms with E-state index in [1.807, 2.05) is 18.2 Å². The summed E-state index contributed by atoms with van der Waals surface area (Å²) in [4.78, 5) is 13.8. The van der Waals surface area contributed by atoms with Crippen molar-refractivity contribution < 1.29 is 4.79 Å². The lowest BCUT2D eigenvalue weighted by atomic mass is 10.1. The maximum atomic E-state index is 11.6. The van der Waals surface area contributed by atoms with E-state index in [0.717, 1.165) is 34.1 Å². The van der Waals surface area contributed by atoms with E-state index in [1.165, 1.54) is 6.42 Å². The van der Waals surface area contributed by atoms with Gasteiger partial charge in [0.25, 0.3) is 0 Å². The minimum atomic E-state index is 0.122. The number of rotatable bonds is 4. The molecule has 2 unspecified atom stereocenters. The van der Waals surface area contributed by atoms with Gasteiger partial charge in [0.05, 0.1) is 0 Å². The number of halogens is 1. The monoisotopic (exact) mass is 295 g/mol. The van der Waals surface area contributed by atoms with Gasteiger partial charge in [0.15, 0.2) is 5.78 Å². The lowest BCUT2D eigenvalue weighted by molar-refractivity contribution is 0.101. The summed E-state index contributed by atoms with van der Waals surface area (Å²) in [5.41, 5.74) is 1.84. The van der Waals surface area contributed by atoms with Gasteiger partial charge in [-0.2, -0.15) is 0 Å². The highest BCUT2D eigenvalue weighted by molar-refractivity contribution is 9.10. The Bertz CT molecular complexity index is 444. The molecule has 1 fully saturated rings. The van der Waals surface area contributed by atoms with Crippen LogP contribution in [0.5, 0.6) is 0 Å². The fourth-order valence-electron chi connectivity index (χ4n) is 2.23. The number of hydrogen-bond acceptors (Lipinski definition) is 2. The minimum Gasteiger partial charge on any atom is -0.374 e. The molecule has 1 aromatic carbocycles. The first-order chi connectivity index (χ1) is 7.99. The third kappa shape index (κ3) is 2.89. The van der Waals surface area contributed by atoms with Crippen molar-refractivity contribution in [2.75, 3.05) is 18.5 Å². The van der Waals surface area contributed by atoms with Crippen LogP contribution < -0.4 is 4.90 Å². The molecule has 0 aliphatic heterocycles. The molecular weight excluding hydrogens is 278 g/mol. The Morgan fingerprint density at radius 3 is 2.71 bits per heavy atom. The summed E-state index contributed by atoms with van der Waals surface area (Å²) in [5, 5.41) is 0. The Hall–Kier alpha value is -0.830. The number of Topliss-reactive ketones (excluding diaryl/α,β-unsaturated/α-hetero) is 1. The number of carbonyl (C=O) groups excluding carboxylic acids is 1. The van der Waals surface area contributed by atoms with E-state index >= 15 is 0 Å². The third-order valence-electron chi connectivity index (χ3n) is 3.53. The second-order valence-electron chi connectivity index (χ2n) is 5.07. The molecular formula is C14H18BrNO. The Morgan fingerprint density at radius 1 is 1.53 bits per heavy atom. The largest absolute Gasteiger partial charge is 0.374 e. The molecule has 1 aliphatic rings. The summed E-state index contributed by atoms with van der Waals surface area (Å²) >= 11 is 3.42. The first-order valence-electron chi connectivity index (χ1n) is 6.00. The van der Waals surface area contributed by atoms with Crippen LogP contribution in [0.25, 0.3) is 0 Å². The molecule has 0 saturated heterocycles. The van der Waals surface area contributed by atoms with E-state index in [0.29, 0.717) is 0 Å². The van der Waals surface area contributed by atoms with Crippen LogP contribution >= 0.6 is 15.9 Å². The summed E-state index contributed by atoms with van der Waals surface area (Å²) < 4.78 is 0.958. The van der Waals surface area contributed by atoms with Gasteiger partial charge in [-0.1, -0.05) is 22.9 Å². The van der Waals surface area contributed by atoms with Crippen LogP contribution in [0.3, 0.4) is 0 Å². The number of nitrogens with zero attached hydrogens (tertiary/aromatic N) is 1. The van der Waals surface area contributed by atoms with Crippen molar-refractivity contribution in [3.63, 3.8) is 0 Å². The Kier molecular flexibility index (Phi) is 3.57. The normalized spacial score (nSPS) is 22.4. The number of ketones is 1. The molecule has 2 atom stereocenters. The summed E-state index contributed by atoms with van der Waals surface area (Å²) in [7, 11) is 2.07. The molecule has 2 nitrogen and oxygen atoms in total. The molecule has 3 heteroatoms. The van der Waals surface area contributed by atoms with Crippen molar-refractivity contribution in [2.45, 2.75) is 20.3 Å². The molecule has 17 heavy (non-hydrogen) atoms. The van der Waals surface area contributed by atoms with E-state index in [9.17, 15) is 4.79 Å². The van der Waals surface area contributed by atoms with Gasteiger partial charge in [-0.05, 0) is 43.4 Å². The molecule has 0 amide bonds. The number of carbonyl (C=O) groups is 1. The highest BCUT2D eigenvalue weighted by Gasteiger charge is 2.33. The molecule has 0 bridgehead atoms. The van der Waals surface area contributed by atoms with Gasteiger partial charge in [-0.3, -0.25) is 4.79 Å². The van der Waals surface area contributed by atoms with Crippen molar-refractivity contribution in [3.8, 4) is 0 Å². The van der Waals surface area contributed by atoms with Gasteiger partial charge >= 0.3 is 0 Å². The molecule has 1 saturated carbocycles. The fourth-order valence-corrected chi connectivity index (χ4v) is 2.59. The van der Waals surface area contributed by atoms with E-state index in [-0.39, 0.29) is 5.78 Å². The highest BCUT2D eigenvalue weighted by atomic mass is 79.9. The van der Waals surface area contributed by atoms with Gasteiger partial charge in [0.2, 0.25) is 0 Å². The number of benzene rings is 1. The minimum absolute atomic E-state index is 0.122.